The maximum Gasteiger partial charge on any atom is 0.278 e. The van der Waals surface area contributed by atoms with E-state index in [0.29, 0.717) is 16.0 Å². The predicted octanol–water partition coefficient (Wildman–Crippen LogP) is 2.72. The van der Waals surface area contributed by atoms with E-state index in [-0.39, 0.29) is 11.5 Å². The number of hydrogen-bond acceptors (Lipinski definition) is 6. The van der Waals surface area contributed by atoms with Gasteiger partial charge in [-0.05, 0) is 44.7 Å². The molecule has 0 saturated heterocycles. The summed E-state index contributed by atoms with van der Waals surface area (Å²) in [6.45, 7) is 1.64. The van der Waals surface area contributed by atoms with Crippen molar-refractivity contribution in [3.63, 3.8) is 0 Å². The van der Waals surface area contributed by atoms with Gasteiger partial charge >= 0.3 is 0 Å². The van der Waals surface area contributed by atoms with E-state index in [0.717, 1.165) is 29.6 Å². The third-order valence-electron chi connectivity index (χ3n) is 4.66. The molecule has 3 aromatic rings. The van der Waals surface area contributed by atoms with Gasteiger partial charge < -0.3 is 5.32 Å². The summed E-state index contributed by atoms with van der Waals surface area (Å²) < 4.78 is 1.12. The fourth-order valence-corrected chi connectivity index (χ4v) is 4.21. The average molecular weight is 369 g/mol. The van der Waals surface area contributed by atoms with Crippen LogP contribution in [0.5, 0.6) is 0 Å². The van der Waals surface area contributed by atoms with E-state index in [9.17, 15) is 9.59 Å². The molecule has 1 amide bonds. The molecule has 26 heavy (non-hydrogen) atoms. The van der Waals surface area contributed by atoms with Gasteiger partial charge in [-0.2, -0.15) is 4.68 Å². The van der Waals surface area contributed by atoms with Crippen molar-refractivity contribution >= 4 is 33.3 Å². The lowest BCUT2D eigenvalue weighted by Crippen LogP contribution is -2.34. The number of amides is 1. The van der Waals surface area contributed by atoms with Crippen LogP contribution in [0.3, 0.4) is 0 Å². The molecule has 2 aromatic heterocycles. The summed E-state index contributed by atoms with van der Waals surface area (Å²) in [5.74, 6) is -0.319. The molecular formula is C18H19N5O2S. The van der Waals surface area contributed by atoms with Gasteiger partial charge in [0, 0.05) is 4.88 Å². The predicted molar refractivity (Wildman–Crippen MR) is 101 cm³/mol. The highest BCUT2D eigenvalue weighted by atomic mass is 32.1. The van der Waals surface area contributed by atoms with E-state index >= 15 is 0 Å². The molecule has 134 valence electrons. The van der Waals surface area contributed by atoms with E-state index in [1.165, 1.54) is 29.1 Å². The second-order valence-electron chi connectivity index (χ2n) is 6.47. The highest BCUT2D eigenvalue weighted by Gasteiger charge is 2.21. The number of carbonyl (C=O) groups is 1. The van der Waals surface area contributed by atoms with Crippen LogP contribution in [-0.4, -0.2) is 25.9 Å². The van der Waals surface area contributed by atoms with E-state index in [2.05, 4.69) is 20.6 Å². The molecule has 0 spiro atoms. The fraction of sp³-hybridized carbons (Fsp3) is 0.389. The summed E-state index contributed by atoms with van der Waals surface area (Å²) in [6, 6.07) is 6.20. The number of thiazole rings is 1. The van der Waals surface area contributed by atoms with E-state index in [4.69, 9.17) is 0 Å². The minimum absolute atomic E-state index is 0.319. The summed E-state index contributed by atoms with van der Waals surface area (Å²) in [5, 5.41) is 11.8. The first-order chi connectivity index (χ1) is 12.6. The van der Waals surface area contributed by atoms with Gasteiger partial charge in [0.2, 0.25) is 0 Å². The Labute approximate surface area is 154 Å². The summed E-state index contributed by atoms with van der Waals surface area (Å²) in [4.78, 5) is 31.0. The summed E-state index contributed by atoms with van der Waals surface area (Å²) in [5.41, 5.74) is 1.29. The Hall–Kier alpha value is -2.61. The lowest BCUT2D eigenvalue weighted by atomic mass is 10.2. The third kappa shape index (κ3) is 3.12. The van der Waals surface area contributed by atoms with Crippen molar-refractivity contribution in [3.05, 3.63) is 45.2 Å². The van der Waals surface area contributed by atoms with E-state index in [1.807, 2.05) is 0 Å². The second kappa shape index (κ2) is 6.95. The van der Waals surface area contributed by atoms with Crippen molar-refractivity contribution in [1.82, 2.24) is 20.0 Å². The molecular weight excluding hydrogens is 350 g/mol. The van der Waals surface area contributed by atoms with Crippen molar-refractivity contribution in [2.45, 2.75) is 45.1 Å². The molecule has 1 aliphatic rings. The smallest absolute Gasteiger partial charge is 0.278 e. The van der Waals surface area contributed by atoms with Crippen LogP contribution in [0.15, 0.2) is 29.1 Å². The molecule has 2 heterocycles. The van der Waals surface area contributed by atoms with Crippen LogP contribution in [0.25, 0.3) is 10.9 Å². The van der Waals surface area contributed by atoms with E-state index < -0.39 is 6.04 Å². The van der Waals surface area contributed by atoms with Crippen molar-refractivity contribution in [3.8, 4) is 0 Å². The van der Waals surface area contributed by atoms with Crippen molar-refractivity contribution in [2.75, 3.05) is 5.32 Å². The van der Waals surface area contributed by atoms with Crippen LogP contribution < -0.4 is 10.9 Å². The van der Waals surface area contributed by atoms with Gasteiger partial charge in [-0.25, -0.2) is 4.98 Å². The Balaban J connectivity index is 1.57. The zero-order chi connectivity index (χ0) is 18.1. The van der Waals surface area contributed by atoms with Crippen LogP contribution in [-0.2, 0) is 17.6 Å². The Bertz CT molecular complexity index is 1000. The standard InChI is InChI=1S/C18H19N5O2S/c1-11(23-17(25)12-7-5-6-8-13(12)21-22-23)16(24)20-18-19-14-9-3-2-4-10-15(14)26-18/h5-8,11H,2-4,9-10H2,1H3,(H,19,20,24)/t11-/m0/s1. The summed E-state index contributed by atoms with van der Waals surface area (Å²) in [6.07, 6.45) is 5.52. The molecule has 0 unspecified atom stereocenters. The Morgan fingerprint density at radius 2 is 2.04 bits per heavy atom. The van der Waals surface area contributed by atoms with Crippen LogP contribution in [0.1, 0.15) is 42.8 Å². The molecule has 0 aliphatic heterocycles. The average Bonchev–Trinajstić information content (AvgIpc) is 2.89. The molecule has 0 radical (unpaired) electrons. The number of nitrogens with one attached hydrogen (secondary N) is 1. The number of aryl methyl sites for hydroxylation is 2. The van der Waals surface area contributed by atoms with Crippen molar-refractivity contribution in [2.24, 2.45) is 0 Å². The first kappa shape index (κ1) is 16.8. The van der Waals surface area contributed by atoms with Gasteiger partial charge in [0.15, 0.2) is 5.13 Å². The van der Waals surface area contributed by atoms with Crippen LogP contribution in [0.2, 0.25) is 0 Å². The zero-order valence-corrected chi connectivity index (χ0v) is 15.3. The Morgan fingerprint density at radius 1 is 1.23 bits per heavy atom. The molecule has 1 aromatic carbocycles. The van der Waals surface area contributed by atoms with Crippen LogP contribution >= 0.6 is 11.3 Å². The largest absolute Gasteiger partial charge is 0.300 e. The lowest BCUT2D eigenvalue weighted by molar-refractivity contribution is -0.119. The molecule has 1 N–H and O–H groups in total. The van der Waals surface area contributed by atoms with Gasteiger partial charge in [-0.3, -0.25) is 9.59 Å². The second-order valence-corrected chi connectivity index (χ2v) is 7.55. The first-order valence-corrected chi connectivity index (χ1v) is 9.59. The normalized spacial score (nSPS) is 15.3. The minimum Gasteiger partial charge on any atom is -0.300 e. The number of rotatable bonds is 3. The highest BCUT2D eigenvalue weighted by Crippen LogP contribution is 2.29. The molecule has 1 aliphatic carbocycles. The summed E-state index contributed by atoms with van der Waals surface area (Å²) >= 11 is 1.53. The van der Waals surface area contributed by atoms with Gasteiger partial charge in [0.25, 0.3) is 11.5 Å². The molecule has 0 fully saturated rings. The number of benzene rings is 1. The van der Waals surface area contributed by atoms with Gasteiger partial charge in [-0.15, -0.1) is 16.4 Å². The monoisotopic (exact) mass is 369 g/mol. The van der Waals surface area contributed by atoms with Crippen molar-refractivity contribution < 1.29 is 4.79 Å². The number of hydrogen-bond donors (Lipinski definition) is 1. The molecule has 8 heteroatoms. The molecule has 1 atom stereocenters. The van der Waals surface area contributed by atoms with Gasteiger partial charge in [0.05, 0.1) is 11.1 Å². The van der Waals surface area contributed by atoms with E-state index in [1.54, 1.807) is 31.2 Å². The molecule has 4 rings (SSSR count). The fourth-order valence-electron chi connectivity index (χ4n) is 3.16. The maximum atomic E-state index is 12.6. The zero-order valence-electron chi connectivity index (χ0n) is 14.4. The Morgan fingerprint density at radius 3 is 2.92 bits per heavy atom. The number of nitrogens with zero attached hydrogens (tertiary/aromatic N) is 4. The molecule has 7 nitrogen and oxygen atoms in total. The van der Waals surface area contributed by atoms with Crippen LogP contribution in [0.4, 0.5) is 5.13 Å². The molecule has 0 saturated carbocycles. The molecule has 0 bridgehead atoms. The van der Waals surface area contributed by atoms with Gasteiger partial charge in [-0.1, -0.05) is 23.8 Å². The quantitative estimate of drug-likeness (QED) is 0.717. The number of aromatic nitrogens is 4. The lowest BCUT2D eigenvalue weighted by Gasteiger charge is -2.12. The maximum absolute atomic E-state index is 12.6. The minimum atomic E-state index is -0.775. The SMILES string of the molecule is C[C@@H](C(=O)Nc1nc2c(s1)CCCCC2)n1nnc2ccccc2c1=O. The van der Waals surface area contributed by atoms with Crippen LogP contribution in [0, 0.1) is 0 Å². The number of fused-ring (bicyclic) bond motifs is 2. The first-order valence-electron chi connectivity index (χ1n) is 8.77. The number of carbonyl (C=O) groups excluding carboxylic acids is 1. The third-order valence-corrected chi connectivity index (χ3v) is 5.74. The summed E-state index contributed by atoms with van der Waals surface area (Å²) in [7, 11) is 0. The Kier molecular flexibility index (Phi) is 4.50. The van der Waals surface area contributed by atoms with Gasteiger partial charge in [0.1, 0.15) is 11.6 Å². The number of anilines is 1. The highest BCUT2D eigenvalue weighted by molar-refractivity contribution is 7.15. The topological polar surface area (TPSA) is 89.8 Å². The van der Waals surface area contributed by atoms with Crippen molar-refractivity contribution in [1.29, 1.82) is 0 Å².